The van der Waals surface area contributed by atoms with Crippen LogP contribution in [-0.4, -0.2) is 34.3 Å². The van der Waals surface area contributed by atoms with Crippen LogP contribution in [0.25, 0.3) is 0 Å². The molecule has 1 aliphatic rings. The fraction of sp³-hybridized carbons (Fsp3) is 0.615. The average molecular weight is 265 g/mol. The monoisotopic (exact) mass is 265 g/mol. The molecule has 0 aliphatic carbocycles. The first-order valence-corrected chi connectivity index (χ1v) is 6.55. The van der Waals surface area contributed by atoms with Crippen molar-refractivity contribution in [1.29, 1.82) is 0 Å². The highest BCUT2D eigenvalue weighted by Gasteiger charge is 2.38. The van der Waals surface area contributed by atoms with E-state index in [1.807, 2.05) is 20.8 Å². The smallest absolute Gasteiger partial charge is 0.246 e. The van der Waals surface area contributed by atoms with E-state index in [0.717, 1.165) is 12.2 Å². The van der Waals surface area contributed by atoms with Crippen molar-refractivity contribution in [2.45, 2.75) is 45.7 Å². The second kappa shape index (κ2) is 5.52. The summed E-state index contributed by atoms with van der Waals surface area (Å²) < 4.78 is 5.41. The Kier molecular flexibility index (Phi) is 3.99. The first-order chi connectivity index (χ1) is 9.02. The van der Waals surface area contributed by atoms with Crippen LogP contribution in [0.1, 0.15) is 44.4 Å². The summed E-state index contributed by atoms with van der Waals surface area (Å²) in [6.07, 6.45) is 2.63. The van der Waals surface area contributed by atoms with E-state index in [1.54, 1.807) is 6.20 Å². The Bertz CT molecular complexity index is 483. The number of oxazole rings is 1. The molecule has 104 valence electrons. The standard InChI is InChI=1S/C13H19N3O3/c1-4-5-16-11(17)6-10(13(16)18)15-9(3)12-14-7-8(2)19-12/h7,9-10,15H,4-6H2,1-3H3. The molecule has 0 saturated carbocycles. The zero-order valence-corrected chi connectivity index (χ0v) is 11.5. The highest BCUT2D eigenvalue weighted by molar-refractivity contribution is 6.05. The van der Waals surface area contributed by atoms with Crippen molar-refractivity contribution in [3.05, 3.63) is 17.8 Å². The first kappa shape index (κ1) is 13.7. The van der Waals surface area contributed by atoms with E-state index in [1.165, 1.54) is 4.90 Å². The summed E-state index contributed by atoms with van der Waals surface area (Å²) in [5, 5.41) is 3.11. The second-order valence-electron chi connectivity index (χ2n) is 4.84. The number of nitrogens with zero attached hydrogens (tertiary/aromatic N) is 2. The third-order valence-corrected chi connectivity index (χ3v) is 3.15. The fourth-order valence-corrected chi connectivity index (χ4v) is 2.22. The maximum atomic E-state index is 12.1. The van der Waals surface area contributed by atoms with Gasteiger partial charge < -0.3 is 4.42 Å². The van der Waals surface area contributed by atoms with Crippen molar-refractivity contribution >= 4 is 11.8 Å². The van der Waals surface area contributed by atoms with Crippen molar-refractivity contribution < 1.29 is 14.0 Å². The number of hydrogen-bond donors (Lipinski definition) is 1. The van der Waals surface area contributed by atoms with Crippen molar-refractivity contribution in [1.82, 2.24) is 15.2 Å². The molecule has 1 saturated heterocycles. The molecule has 6 nitrogen and oxygen atoms in total. The zero-order chi connectivity index (χ0) is 14.0. The molecule has 1 N–H and O–H groups in total. The highest BCUT2D eigenvalue weighted by Crippen LogP contribution is 2.18. The van der Waals surface area contributed by atoms with Crippen LogP contribution in [0.15, 0.2) is 10.6 Å². The summed E-state index contributed by atoms with van der Waals surface area (Å²) in [5.74, 6) is 0.999. The van der Waals surface area contributed by atoms with Gasteiger partial charge in [-0.15, -0.1) is 0 Å². The average Bonchev–Trinajstić information content (AvgIpc) is 2.89. The van der Waals surface area contributed by atoms with Gasteiger partial charge in [-0.25, -0.2) is 4.98 Å². The van der Waals surface area contributed by atoms with Crippen LogP contribution in [0, 0.1) is 6.92 Å². The molecule has 1 aromatic rings. The molecule has 2 amide bonds. The van der Waals surface area contributed by atoms with E-state index in [-0.39, 0.29) is 24.3 Å². The van der Waals surface area contributed by atoms with E-state index >= 15 is 0 Å². The summed E-state index contributed by atoms with van der Waals surface area (Å²) in [6.45, 7) is 6.11. The third-order valence-electron chi connectivity index (χ3n) is 3.15. The molecular formula is C13H19N3O3. The minimum atomic E-state index is -0.471. The predicted molar refractivity (Wildman–Crippen MR) is 68.2 cm³/mol. The number of imide groups is 1. The summed E-state index contributed by atoms with van der Waals surface area (Å²) in [5.41, 5.74) is 0. The van der Waals surface area contributed by atoms with E-state index in [9.17, 15) is 9.59 Å². The molecule has 2 unspecified atom stereocenters. The first-order valence-electron chi connectivity index (χ1n) is 6.55. The van der Waals surface area contributed by atoms with Crippen LogP contribution in [0.4, 0.5) is 0 Å². The number of nitrogens with one attached hydrogen (secondary N) is 1. The molecule has 6 heteroatoms. The third kappa shape index (κ3) is 2.84. The van der Waals surface area contributed by atoms with Crippen LogP contribution >= 0.6 is 0 Å². The minimum Gasteiger partial charge on any atom is -0.444 e. The zero-order valence-electron chi connectivity index (χ0n) is 11.5. The van der Waals surface area contributed by atoms with Crippen molar-refractivity contribution in [2.75, 3.05) is 6.54 Å². The Balaban J connectivity index is 2.00. The van der Waals surface area contributed by atoms with Gasteiger partial charge in [0, 0.05) is 6.54 Å². The number of rotatable bonds is 5. The normalized spacial score (nSPS) is 21.2. The number of aromatic nitrogens is 1. The Labute approximate surface area is 112 Å². The van der Waals surface area contributed by atoms with Crippen LogP contribution in [-0.2, 0) is 9.59 Å². The molecule has 0 aromatic carbocycles. The Morgan fingerprint density at radius 3 is 2.89 bits per heavy atom. The summed E-state index contributed by atoms with van der Waals surface area (Å²) in [6, 6.07) is -0.668. The predicted octanol–water partition coefficient (Wildman–Crippen LogP) is 1.17. The van der Waals surface area contributed by atoms with Crippen LogP contribution < -0.4 is 5.32 Å². The lowest BCUT2D eigenvalue weighted by Crippen LogP contribution is -2.40. The number of amides is 2. The number of carbonyl (C=O) groups is 2. The SMILES string of the molecule is CCCN1C(=O)CC(NC(C)c2ncc(C)o2)C1=O. The molecule has 0 bridgehead atoms. The molecule has 0 spiro atoms. The van der Waals surface area contributed by atoms with Gasteiger partial charge in [-0.3, -0.25) is 19.8 Å². The van der Waals surface area contributed by atoms with Gasteiger partial charge in [-0.2, -0.15) is 0 Å². The summed E-state index contributed by atoms with van der Waals surface area (Å²) in [7, 11) is 0. The summed E-state index contributed by atoms with van der Waals surface area (Å²) in [4.78, 5) is 29.2. The molecule has 1 fully saturated rings. The fourth-order valence-electron chi connectivity index (χ4n) is 2.22. The lowest BCUT2D eigenvalue weighted by atomic mass is 10.2. The van der Waals surface area contributed by atoms with Crippen LogP contribution in [0.2, 0.25) is 0 Å². The Morgan fingerprint density at radius 2 is 2.32 bits per heavy atom. The van der Waals surface area contributed by atoms with Crippen molar-refractivity contribution in [3.8, 4) is 0 Å². The maximum absolute atomic E-state index is 12.1. The molecule has 1 aromatic heterocycles. The van der Waals surface area contributed by atoms with E-state index < -0.39 is 6.04 Å². The van der Waals surface area contributed by atoms with Gasteiger partial charge in [0.1, 0.15) is 5.76 Å². The molecule has 0 radical (unpaired) electrons. The number of carbonyl (C=O) groups excluding carboxylic acids is 2. The molecule has 2 atom stereocenters. The second-order valence-corrected chi connectivity index (χ2v) is 4.84. The van der Waals surface area contributed by atoms with Gasteiger partial charge in [0.05, 0.1) is 24.7 Å². The van der Waals surface area contributed by atoms with Gasteiger partial charge in [-0.05, 0) is 20.3 Å². The molecular weight excluding hydrogens is 246 g/mol. The van der Waals surface area contributed by atoms with E-state index in [4.69, 9.17) is 4.42 Å². The largest absolute Gasteiger partial charge is 0.444 e. The number of hydrogen-bond acceptors (Lipinski definition) is 5. The van der Waals surface area contributed by atoms with Gasteiger partial charge in [-0.1, -0.05) is 6.92 Å². The molecule has 1 aliphatic heterocycles. The van der Waals surface area contributed by atoms with Crippen molar-refractivity contribution in [2.24, 2.45) is 0 Å². The van der Waals surface area contributed by atoms with Crippen LogP contribution in [0.5, 0.6) is 0 Å². The minimum absolute atomic E-state index is 0.111. The molecule has 2 heterocycles. The molecule has 19 heavy (non-hydrogen) atoms. The maximum Gasteiger partial charge on any atom is 0.246 e. The van der Waals surface area contributed by atoms with E-state index in [0.29, 0.717) is 12.4 Å². The lowest BCUT2D eigenvalue weighted by Gasteiger charge is -2.16. The number of likely N-dealkylation sites (tertiary alicyclic amines) is 1. The lowest BCUT2D eigenvalue weighted by molar-refractivity contribution is -0.138. The van der Waals surface area contributed by atoms with Crippen molar-refractivity contribution in [3.63, 3.8) is 0 Å². The quantitative estimate of drug-likeness (QED) is 0.809. The van der Waals surface area contributed by atoms with E-state index in [2.05, 4.69) is 10.3 Å². The molecule has 2 rings (SSSR count). The highest BCUT2D eigenvalue weighted by atomic mass is 16.4. The van der Waals surface area contributed by atoms with Gasteiger partial charge in [0.25, 0.3) is 0 Å². The van der Waals surface area contributed by atoms with Gasteiger partial charge in [0.2, 0.25) is 17.7 Å². The number of aryl methyl sites for hydroxylation is 1. The van der Waals surface area contributed by atoms with Gasteiger partial charge >= 0.3 is 0 Å². The van der Waals surface area contributed by atoms with Gasteiger partial charge in [0.15, 0.2) is 0 Å². The summed E-state index contributed by atoms with van der Waals surface area (Å²) >= 11 is 0. The topological polar surface area (TPSA) is 75.4 Å². The Morgan fingerprint density at radius 1 is 1.58 bits per heavy atom. The Hall–Kier alpha value is -1.69. The van der Waals surface area contributed by atoms with Crippen LogP contribution in [0.3, 0.4) is 0 Å².